The number of amides is 1. The van der Waals surface area contributed by atoms with Gasteiger partial charge in [-0.15, -0.1) is 0 Å². The Morgan fingerprint density at radius 1 is 0.914 bits per heavy atom. The highest BCUT2D eigenvalue weighted by atomic mass is 16.3. The minimum Gasteiger partial charge on any atom is -0.506 e. The van der Waals surface area contributed by atoms with E-state index in [1.165, 1.54) is 35.1 Å². The van der Waals surface area contributed by atoms with Crippen LogP contribution in [0.3, 0.4) is 0 Å². The van der Waals surface area contributed by atoms with E-state index >= 15 is 0 Å². The van der Waals surface area contributed by atoms with Crippen LogP contribution in [0.4, 0.5) is 5.69 Å². The lowest BCUT2D eigenvalue weighted by molar-refractivity contribution is 0.0994. The molecule has 4 heteroatoms. The first kappa shape index (κ1) is 23.2. The van der Waals surface area contributed by atoms with E-state index in [1.807, 2.05) is 30.3 Å². The van der Waals surface area contributed by atoms with Crippen molar-refractivity contribution >= 4 is 22.4 Å². The number of fused-ring (bicyclic) bond motifs is 2. The maximum absolute atomic E-state index is 12.9. The molecule has 1 amide bonds. The van der Waals surface area contributed by atoms with Gasteiger partial charge in [-0.3, -0.25) is 4.79 Å². The number of rotatable bonds is 4. The Morgan fingerprint density at radius 2 is 1.54 bits per heavy atom. The molecule has 0 saturated carbocycles. The Hall–Kier alpha value is -3.53. The second-order valence-corrected chi connectivity index (χ2v) is 11.2. The minimum atomic E-state index is -0.383. The van der Waals surface area contributed by atoms with Gasteiger partial charge in [0.25, 0.3) is 5.91 Å². The molecule has 4 nitrogen and oxygen atoms in total. The van der Waals surface area contributed by atoms with E-state index in [-0.39, 0.29) is 28.2 Å². The quantitative estimate of drug-likeness (QED) is 0.303. The van der Waals surface area contributed by atoms with Crippen LogP contribution in [0.15, 0.2) is 65.1 Å². The van der Waals surface area contributed by atoms with Gasteiger partial charge in [0.1, 0.15) is 11.5 Å². The number of anilines is 1. The van der Waals surface area contributed by atoms with Crippen LogP contribution in [0.2, 0.25) is 0 Å². The molecule has 0 spiro atoms. The highest BCUT2D eigenvalue weighted by Gasteiger charge is 2.37. The first-order valence-electron chi connectivity index (χ1n) is 12.3. The number of hydrogen-bond acceptors (Lipinski definition) is 3. The van der Waals surface area contributed by atoms with E-state index < -0.39 is 0 Å². The summed E-state index contributed by atoms with van der Waals surface area (Å²) < 4.78 is 5.95. The lowest BCUT2D eigenvalue weighted by atomic mass is 9.62. The Labute approximate surface area is 207 Å². The fourth-order valence-electron chi connectivity index (χ4n) is 5.25. The van der Waals surface area contributed by atoms with E-state index in [0.717, 1.165) is 16.5 Å². The van der Waals surface area contributed by atoms with Crippen molar-refractivity contribution in [3.63, 3.8) is 0 Å². The highest BCUT2D eigenvalue weighted by Crippen LogP contribution is 2.46. The third-order valence-corrected chi connectivity index (χ3v) is 7.67. The average Bonchev–Trinajstić information content (AvgIpc) is 3.27. The third kappa shape index (κ3) is 4.34. The predicted molar refractivity (Wildman–Crippen MR) is 142 cm³/mol. The topological polar surface area (TPSA) is 62.5 Å². The molecule has 2 N–H and O–H groups in total. The zero-order chi connectivity index (χ0) is 25.0. The molecule has 0 atom stereocenters. The number of hydrogen-bond donors (Lipinski definition) is 2. The number of carbonyl (C=O) groups excluding carboxylic acids is 1. The van der Waals surface area contributed by atoms with Gasteiger partial charge in [0.2, 0.25) is 0 Å². The average molecular weight is 468 g/mol. The molecule has 0 saturated heterocycles. The third-order valence-electron chi connectivity index (χ3n) is 7.67. The largest absolute Gasteiger partial charge is 0.506 e. The Morgan fingerprint density at radius 3 is 2.23 bits per heavy atom. The molecule has 1 aliphatic carbocycles. The Kier molecular flexibility index (Phi) is 5.51. The summed E-state index contributed by atoms with van der Waals surface area (Å²) in [6.45, 7) is 11.5. The van der Waals surface area contributed by atoms with Crippen molar-refractivity contribution in [3.8, 4) is 5.75 Å². The van der Waals surface area contributed by atoms with Crippen molar-refractivity contribution in [2.24, 2.45) is 0 Å². The molecule has 0 fully saturated rings. The van der Waals surface area contributed by atoms with Gasteiger partial charge in [-0.25, -0.2) is 0 Å². The van der Waals surface area contributed by atoms with Gasteiger partial charge in [0, 0.05) is 6.42 Å². The lowest BCUT2D eigenvalue weighted by Gasteiger charge is -2.42. The SMILES string of the molecule is Cc1cc2c(cc1Cc1ccc(C(=O)Nc3cc4ccccc4cc3O)o1)C(C)(C)CCC2(C)C. The summed E-state index contributed by atoms with van der Waals surface area (Å²) >= 11 is 0. The van der Waals surface area contributed by atoms with Crippen molar-refractivity contribution in [2.45, 2.75) is 64.7 Å². The van der Waals surface area contributed by atoms with E-state index in [0.29, 0.717) is 12.1 Å². The maximum Gasteiger partial charge on any atom is 0.291 e. The highest BCUT2D eigenvalue weighted by molar-refractivity contribution is 6.04. The fraction of sp³-hybridized carbons (Fsp3) is 0.323. The number of phenolic OH excluding ortho intramolecular Hbond substituents is 1. The Bertz CT molecular complexity index is 1440. The summed E-state index contributed by atoms with van der Waals surface area (Å²) in [4.78, 5) is 12.9. The summed E-state index contributed by atoms with van der Waals surface area (Å²) in [6.07, 6.45) is 2.99. The number of nitrogens with one attached hydrogen (secondary N) is 1. The Balaban J connectivity index is 1.38. The molecule has 35 heavy (non-hydrogen) atoms. The number of furan rings is 1. The van der Waals surface area contributed by atoms with E-state index in [9.17, 15) is 9.90 Å². The molecule has 0 bridgehead atoms. The summed E-state index contributed by atoms with van der Waals surface area (Å²) in [6, 6.07) is 19.4. The molecule has 0 aliphatic heterocycles. The second kappa shape index (κ2) is 8.30. The molecule has 180 valence electrons. The van der Waals surface area contributed by atoms with Gasteiger partial charge in [-0.2, -0.15) is 0 Å². The molecule has 0 unspecified atom stereocenters. The molecule has 1 aromatic heterocycles. The number of carbonyl (C=O) groups is 1. The van der Waals surface area contributed by atoms with E-state index in [2.05, 4.69) is 52.1 Å². The van der Waals surface area contributed by atoms with Crippen LogP contribution < -0.4 is 5.32 Å². The van der Waals surface area contributed by atoms with Gasteiger partial charge in [0.15, 0.2) is 5.76 Å². The van der Waals surface area contributed by atoms with Crippen molar-refractivity contribution in [3.05, 3.63) is 94.4 Å². The number of phenols is 1. The van der Waals surface area contributed by atoms with Crippen LogP contribution in [0.25, 0.3) is 10.8 Å². The summed E-state index contributed by atoms with van der Waals surface area (Å²) in [5.74, 6) is 0.615. The number of aromatic hydroxyl groups is 1. The van der Waals surface area contributed by atoms with Gasteiger partial charge in [-0.05, 0) is 87.9 Å². The van der Waals surface area contributed by atoms with Crippen molar-refractivity contribution in [1.82, 2.24) is 0 Å². The standard InChI is InChI=1S/C31H33NO3/c1-19-14-24-25(31(4,5)13-12-30(24,2)3)16-22(19)15-23-10-11-28(35-23)29(34)32-26-17-20-8-6-7-9-21(20)18-27(26)33/h6-11,14,16-18,33H,12-13,15H2,1-5H3,(H,32,34). The van der Waals surface area contributed by atoms with Crippen LogP contribution in [0.5, 0.6) is 5.75 Å². The zero-order valence-electron chi connectivity index (χ0n) is 21.2. The van der Waals surface area contributed by atoms with Crippen LogP contribution in [0, 0.1) is 6.92 Å². The van der Waals surface area contributed by atoms with Gasteiger partial charge in [-0.1, -0.05) is 64.1 Å². The zero-order valence-corrected chi connectivity index (χ0v) is 21.2. The van der Waals surface area contributed by atoms with Crippen LogP contribution >= 0.6 is 0 Å². The van der Waals surface area contributed by atoms with Gasteiger partial charge < -0.3 is 14.8 Å². The smallest absolute Gasteiger partial charge is 0.291 e. The number of benzene rings is 3. The van der Waals surface area contributed by atoms with Gasteiger partial charge in [0.05, 0.1) is 5.69 Å². The van der Waals surface area contributed by atoms with E-state index in [1.54, 1.807) is 18.2 Å². The summed E-state index contributed by atoms with van der Waals surface area (Å²) in [7, 11) is 0. The normalized spacial score (nSPS) is 16.1. The van der Waals surface area contributed by atoms with Gasteiger partial charge >= 0.3 is 0 Å². The number of aryl methyl sites for hydroxylation is 1. The maximum atomic E-state index is 12.9. The van der Waals surface area contributed by atoms with Crippen LogP contribution in [-0.2, 0) is 17.3 Å². The molecule has 5 rings (SSSR count). The first-order valence-corrected chi connectivity index (χ1v) is 12.3. The first-order chi connectivity index (χ1) is 16.5. The summed E-state index contributed by atoms with van der Waals surface area (Å²) in [5, 5.41) is 15.0. The van der Waals surface area contributed by atoms with Crippen molar-refractivity contribution < 1.29 is 14.3 Å². The second-order valence-electron chi connectivity index (χ2n) is 11.2. The molecule has 1 aliphatic rings. The monoisotopic (exact) mass is 467 g/mol. The summed E-state index contributed by atoms with van der Waals surface area (Å²) in [5.41, 5.74) is 6.03. The lowest BCUT2D eigenvalue weighted by Crippen LogP contribution is -2.34. The van der Waals surface area contributed by atoms with Crippen LogP contribution in [-0.4, -0.2) is 11.0 Å². The predicted octanol–water partition coefficient (Wildman–Crippen LogP) is 7.64. The van der Waals surface area contributed by atoms with Crippen molar-refractivity contribution in [2.75, 3.05) is 5.32 Å². The molecular weight excluding hydrogens is 434 g/mol. The molecule has 1 heterocycles. The molecular formula is C31H33NO3. The van der Waals surface area contributed by atoms with Crippen LogP contribution in [0.1, 0.15) is 79.1 Å². The molecule has 3 aromatic carbocycles. The van der Waals surface area contributed by atoms with E-state index in [4.69, 9.17) is 4.42 Å². The fourth-order valence-corrected chi connectivity index (χ4v) is 5.25. The molecule has 0 radical (unpaired) electrons. The molecule has 4 aromatic rings. The minimum absolute atomic E-state index is 0.0269. The van der Waals surface area contributed by atoms with Crippen molar-refractivity contribution in [1.29, 1.82) is 0 Å².